The molecule has 1 aromatic heterocycles. The van der Waals surface area contributed by atoms with Gasteiger partial charge in [0.05, 0.1) is 11.1 Å². The van der Waals surface area contributed by atoms with Gasteiger partial charge in [-0.3, -0.25) is 4.79 Å². The van der Waals surface area contributed by atoms with Gasteiger partial charge in [0.15, 0.2) is 6.29 Å². The zero-order chi connectivity index (χ0) is 15.9. The summed E-state index contributed by atoms with van der Waals surface area (Å²) >= 11 is 9.41. The van der Waals surface area contributed by atoms with Crippen molar-refractivity contribution in [3.8, 4) is 0 Å². The highest BCUT2D eigenvalue weighted by molar-refractivity contribution is 9.10. The van der Waals surface area contributed by atoms with Gasteiger partial charge >= 0.3 is 0 Å². The molecule has 0 aliphatic heterocycles. The molecule has 7 heteroatoms. The van der Waals surface area contributed by atoms with E-state index in [0.717, 1.165) is 3.97 Å². The molecule has 0 atom stereocenters. The smallest absolute Gasteiger partial charge is 0.270 e. The Kier molecular flexibility index (Phi) is 3.84. The minimum absolute atomic E-state index is 0.0788. The Labute approximate surface area is 140 Å². The van der Waals surface area contributed by atoms with E-state index in [1.54, 1.807) is 42.5 Å². The molecule has 0 amide bonds. The molecule has 0 aliphatic carbocycles. The van der Waals surface area contributed by atoms with Crippen LogP contribution < -0.4 is 0 Å². The number of nitrogens with zero attached hydrogens (tertiary/aromatic N) is 1. The predicted octanol–water partition coefficient (Wildman–Crippen LogP) is 4.11. The van der Waals surface area contributed by atoms with Crippen LogP contribution in [-0.2, 0) is 10.0 Å². The van der Waals surface area contributed by atoms with Crippen molar-refractivity contribution in [2.24, 2.45) is 0 Å². The third kappa shape index (κ3) is 2.18. The van der Waals surface area contributed by atoms with Crippen LogP contribution in [0.15, 0.2) is 57.9 Å². The Balaban J connectivity index is 2.43. The van der Waals surface area contributed by atoms with Crippen LogP contribution in [-0.4, -0.2) is 18.7 Å². The zero-order valence-corrected chi connectivity index (χ0v) is 14.2. The number of para-hydroxylation sites is 1. The first kappa shape index (κ1) is 15.3. The molecule has 0 N–H and O–H groups in total. The molecule has 4 nitrogen and oxygen atoms in total. The molecule has 0 saturated heterocycles. The second-order valence-electron chi connectivity index (χ2n) is 4.54. The van der Waals surface area contributed by atoms with Crippen molar-refractivity contribution in [3.63, 3.8) is 0 Å². The lowest BCUT2D eigenvalue weighted by Crippen LogP contribution is -2.13. The molecular weight excluding hydrogens is 390 g/mol. The van der Waals surface area contributed by atoms with E-state index in [0.29, 0.717) is 21.7 Å². The standard InChI is InChI=1S/C15H9BrClNO3S/c16-12-6-2-4-8-14(12)22(20,21)18-13-7-3-1-5-10(13)11(9-19)15(18)17/h1-9H. The van der Waals surface area contributed by atoms with Gasteiger partial charge in [0.1, 0.15) is 10.0 Å². The maximum absolute atomic E-state index is 13.0. The highest BCUT2D eigenvalue weighted by Crippen LogP contribution is 2.34. The van der Waals surface area contributed by atoms with Crippen molar-refractivity contribution in [1.29, 1.82) is 0 Å². The fourth-order valence-electron chi connectivity index (χ4n) is 2.30. The van der Waals surface area contributed by atoms with Gasteiger partial charge in [-0.1, -0.05) is 41.9 Å². The second kappa shape index (κ2) is 5.53. The van der Waals surface area contributed by atoms with Gasteiger partial charge in [-0.2, -0.15) is 0 Å². The first-order chi connectivity index (χ1) is 10.5. The van der Waals surface area contributed by atoms with Crippen LogP contribution in [0.3, 0.4) is 0 Å². The average molecular weight is 399 g/mol. The summed E-state index contributed by atoms with van der Waals surface area (Å²) in [5, 5.41) is 0.380. The van der Waals surface area contributed by atoms with Gasteiger partial charge in [0.2, 0.25) is 0 Å². The fourth-order valence-corrected chi connectivity index (χ4v) is 5.20. The van der Waals surface area contributed by atoms with Crippen LogP contribution in [0.4, 0.5) is 0 Å². The number of carbonyl (C=O) groups is 1. The summed E-state index contributed by atoms with van der Waals surface area (Å²) in [4.78, 5) is 11.4. The predicted molar refractivity (Wildman–Crippen MR) is 89.1 cm³/mol. The summed E-state index contributed by atoms with van der Waals surface area (Å²) < 4.78 is 27.3. The van der Waals surface area contributed by atoms with Crippen molar-refractivity contribution in [2.45, 2.75) is 4.90 Å². The fraction of sp³-hybridized carbons (Fsp3) is 0. The summed E-state index contributed by atoms with van der Waals surface area (Å²) in [6.07, 6.45) is 0.566. The quantitative estimate of drug-likeness (QED) is 0.624. The molecule has 112 valence electrons. The molecule has 0 aliphatic rings. The summed E-state index contributed by atoms with van der Waals surface area (Å²) in [6.45, 7) is 0. The Morgan fingerprint density at radius 2 is 1.68 bits per heavy atom. The number of aldehydes is 1. The summed E-state index contributed by atoms with van der Waals surface area (Å²) in [5.41, 5.74) is 0.526. The second-order valence-corrected chi connectivity index (χ2v) is 7.51. The SMILES string of the molecule is O=Cc1c(Cl)n(S(=O)(=O)c2ccccc2Br)c2ccccc12. The van der Waals surface area contributed by atoms with E-state index in [1.807, 2.05) is 0 Å². The summed E-state index contributed by atoms with van der Waals surface area (Å²) in [7, 11) is -3.94. The van der Waals surface area contributed by atoms with Crippen LogP contribution in [0, 0.1) is 0 Å². The molecular formula is C15H9BrClNO3S. The molecule has 0 saturated carbocycles. The minimum Gasteiger partial charge on any atom is -0.298 e. The number of hydrogen-bond acceptors (Lipinski definition) is 3. The highest BCUT2D eigenvalue weighted by Gasteiger charge is 2.27. The highest BCUT2D eigenvalue weighted by atomic mass is 79.9. The Bertz CT molecular complexity index is 995. The van der Waals surface area contributed by atoms with Crippen molar-refractivity contribution in [3.05, 3.63) is 63.7 Å². The monoisotopic (exact) mass is 397 g/mol. The largest absolute Gasteiger partial charge is 0.298 e. The molecule has 0 spiro atoms. The van der Waals surface area contributed by atoms with Crippen LogP contribution >= 0.6 is 27.5 Å². The van der Waals surface area contributed by atoms with Crippen molar-refractivity contribution < 1.29 is 13.2 Å². The molecule has 3 rings (SSSR count). The molecule has 3 aromatic rings. The van der Waals surface area contributed by atoms with Crippen LogP contribution in [0.5, 0.6) is 0 Å². The van der Waals surface area contributed by atoms with E-state index in [9.17, 15) is 13.2 Å². The number of aromatic nitrogens is 1. The first-order valence-corrected chi connectivity index (χ1v) is 8.84. The number of carbonyl (C=O) groups excluding carboxylic acids is 1. The maximum atomic E-state index is 13.0. The van der Waals surface area contributed by atoms with E-state index in [2.05, 4.69) is 15.9 Å². The minimum atomic E-state index is -3.94. The van der Waals surface area contributed by atoms with Gasteiger partial charge < -0.3 is 0 Å². The lowest BCUT2D eigenvalue weighted by molar-refractivity contribution is 0.112. The third-order valence-corrected chi connectivity index (χ3v) is 6.48. The zero-order valence-electron chi connectivity index (χ0n) is 11.0. The average Bonchev–Trinajstić information content (AvgIpc) is 2.79. The Morgan fingerprint density at radius 3 is 2.36 bits per heavy atom. The summed E-state index contributed by atoms with van der Waals surface area (Å²) in [5.74, 6) is 0. The van der Waals surface area contributed by atoms with Crippen LogP contribution in [0.1, 0.15) is 10.4 Å². The van der Waals surface area contributed by atoms with Crippen molar-refractivity contribution >= 4 is 54.7 Å². The van der Waals surface area contributed by atoms with Gasteiger partial charge in [-0.05, 0) is 34.1 Å². The van der Waals surface area contributed by atoms with Crippen molar-refractivity contribution in [2.75, 3.05) is 0 Å². The van der Waals surface area contributed by atoms with E-state index >= 15 is 0 Å². The van der Waals surface area contributed by atoms with E-state index < -0.39 is 10.0 Å². The van der Waals surface area contributed by atoms with E-state index in [1.165, 1.54) is 6.07 Å². The summed E-state index contributed by atoms with van der Waals surface area (Å²) in [6, 6.07) is 13.1. The number of benzene rings is 2. The molecule has 1 heterocycles. The maximum Gasteiger partial charge on any atom is 0.270 e. The molecule has 0 fully saturated rings. The van der Waals surface area contributed by atoms with Crippen LogP contribution in [0.25, 0.3) is 10.9 Å². The number of fused-ring (bicyclic) bond motifs is 1. The van der Waals surface area contributed by atoms with Gasteiger partial charge in [0.25, 0.3) is 10.0 Å². The number of hydrogen-bond donors (Lipinski definition) is 0. The molecule has 0 bridgehead atoms. The third-order valence-electron chi connectivity index (χ3n) is 3.29. The van der Waals surface area contributed by atoms with Gasteiger partial charge in [-0.15, -0.1) is 0 Å². The topological polar surface area (TPSA) is 56.1 Å². The molecule has 2 aromatic carbocycles. The number of rotatable bonds is 3. The first-order valence-electron chi connectivity index (χ1n) is 6.22. The van der Waals surface area contributed by atoms with Crippen molar-refractivity contribution in [1.82, 2.24) is 3.97 Å². The molecule has 0 unspecified atom stereocenters. The lowest BCUT2D eigenvalue weighted by Gasteiger charge is -2.10. The molecule has 0 radical (unpaired) electrons. The van der Waals surface area contributed by atoms with Crippen LogP contribution in [0.2, 0.25) is 5.15 Å². The van der Waals surface area contributed by atoms with E-state index in [4.69, 9.17) is 11.6 Å². The van der Waals surface area contributed by atoms with Gasteiger partial charge in [-0.25, -0.2) is 12.4 Å². The normalized spacial score (nSPS) is 11.7. The van der Waals surface area contributed by atoms with Gasteiger partial charge in [0, 0.05) is 9.86 Å². The molecule has 22 heavy (non-hydrogen) atoms. The Hall–Kier alpha value is -1.63. The lowest BCUT2D eigenvalue weighted by atomic mass is 10.2. The number of halogens is 2. The Morgan fingerprint density at radius 1 is 1.05 bits per heavy atom. The van der Waals surface area contributed by atoms with E-state index in [-0.39, 0.29) is 15.6 Å².